The minimum Gasteiger partial charge on any atom is -0.478 e. The van der Waals surface area contributed by atoms with Gasteiger partial charge in [0.25, 0.3) is 0 Å². The number of hydrogen-bond acceptors (Lipinski definition) is 2. The van der Waals surface area contributed by atoms with Crippen LogP contribution in [0.1, 0.15) is 10.4 Å². The molecule has 1 aromatic rings. The van der Waals surface area contributed by atoms with Gasteiger partial charge in [-0.3, -0.25) is 0 Å². The molecule has 84 valence electrons. The molecular formula is C9H11Cl2NO2S. The Bertz CT molecular complexity index is 415. The Morgan fingerprint density at radius 3 is 2.27 bits per heavy atom. The minimum absolute atomic E-state index is 0.00140. The molecule has 1 rings (SSSR count). The number of carbonyl (C=O) groups is 1. The Morgan fingerprint density at radius 1 is 1.33 bits per heavy atom. The second-order valence-corrected chi connectivity index (χ2v) is 8.59. The lowest BCUT2D eigenvalue weighted by Crippen LogP contribution is -2.04. The summed E-state index contributed by atoms with van der Waals surface area (Å²) in [6.45, 7) is 0. The lowest BCUT2D eigenvalue weighted by Gasteiger charge is -2.26. The van der Waals surface area contributed by atoms with Crippen LogP contribution >= 0.6 is 33.2 Å². The second-order valence-electron chi connectivity index (χ2n) is 3.76. The lowest BCUT2D eigenvalue weighted by atomic mass is 10.3. The number of carboxylic acids is 1. The first-order chi connectivity index (χ1) is 6.73. The molecule has 0 amide bonds. The molecule has 1 heterocycles. The first-order valence-corrected chi connectivity index (χ1v) is 7.62. The number of aromatic carboxylic acids is 1. The summed E-state index contributed by atoms with van der Waals surface area (Å²) in [6, 6.07) is 1.51. The van der Waals surface area contributed by atoms with Crippen molar-refractivity contribution in [3.63, 3.8) is 0 Å². The summed E-state index contributed by atoms with van der Waals surface area (Å²) < 4.78 is 0. The van der Waals surface area contributed by atoms with Crippen LogP contribution in [-0.2, 0) is 0 Å². The molecule has 6 heteroatoms. The molecule has 1 N–H and O–H groups in total. The van der Waals surface area contributed by atoms with Gasteiger partial charge in [-0.2, -0.15) is 0 Å². The first kappa shape index (κ1) is 12.6. The van der Waals surface area contributed by atoms with Crippen molar-refractivity contribution in [3.05, 3.63) is 21.9 Å². The molecule has 0 saturated heterocycles. The van der Waals surface area contributed by atoms with Gasteiger partial charge < -0.3 is 5.11 Å². The number of hydrogen-bond donors (Lipinski definition) is 1. The maximum absolute atomic E-state index is 10.9. The van der Waals surface area contributed by atoms with Crippen molar-refractivity contribution in [2.75, 3.05) is 18.8 Å². The van der Waals surface area contributed by atoms with Crippen molar-refractivity contribution in [1.82, 2.24) is 4.98 Å². The number of aromatic nitrogens is 1. The molecule has 0 aromatic carbocycles. The maximum atomic E-state index is 10.9. The lowest BCUT2D eigenvalue weighted by molar-refractivity contribution is 0.0696. The molecule has 0 fully saturated rings. The second kappa shape index (κ2) is 4.20. The van der Waals surface area contributed by atoms with E-state index in [0.717, 1.165) is 4.90 Å². The Morgan fingerprint density at radius 2 is 1.87 bits per heavy atom. The molecule has 3 nitrogen and oxygen atoms in total. The van der Waals surface area contributed by atoms with E-state index < -0.39 is 16.0 Å². The summed E-state index contributed by atoms with van der Waals surface area (Å²) in [5, 5.41) is 9.10. The molecule has 1 aromatic heterocycles. The highest BCUT2D eigenvalue weighted by atomic mass is 35.5. The third-order valence-corrected chi connectivity index (χ3v) is 4.11. The van der Waals surface area contributed by atoms with Crippen molar-refractivity contribution in [2.45, 2.75) is 4.90 Å². The fourth-order valence-corrected chi connectivity index (χ4v) is 3.15. The van der Waals surface area contributed by atoms with E-state index in [1.165, 1.54) is 6.07 Å². The Balaban J connectivity index is 3.43. The van der Waals surface area contributed by atoms with Gasteiger partial charge in [0.1, 0.15) is 10.3 Å². The van der Waals surface area contributed by atoms with Crippen LogP contribution in [0.25, 0.3) is 0 Å². The van der Waals surface area contributed by atoms with Crippen LogP contribution in [0.5, 0.6) is 0 Å². The molecule has 0 atom stereocenters. The van der Waals surface area contributed by atoms with Crippen molar-refractivity contribution in [3.8, 4) is 0 Å². The van der Waals surface area contributed by atoms with E-state index in [9.17, 15) is 4.79 Å². The van der Waals surface area contributed by atoms with Gasteiger partial charge in [-0.1, -0.05) is 23.2 Å². The Labute approximate surface area is 99.7 Å². The van der Waals surface area contributed by atoms with Crippen LogP contribution in [-0.4, -0.2) is 34.8 Å². The predicted molar refractivity (Wildman–Crippen MR) is 64.8 cm³/mol. The number of pyridine rings is 1. The number of nitrogens with zero attached hydrogens (tertiary/aromatic N) is 1. The SMILES string of the molecule is CS(C)(C)c1cc(C(=O)O)c(Cl)nc1Cl. The maximum Gasteiger partial charge on any atom is 0.338 e. The third kappa shape index (κ3) is 2.77. The highest BCUT2D eigenvalue weighted by Crippen LogP contribution is 2.48. The normalized spacial score (nSPS) is 12.6. The van der Waals surface area contributed by atoms with Crippen molar-refractivity contribution < 1.29 is 9.90 Å². The monoisotopic (exact) mass is 267 g/mol. The molecule has 0 unspecified atom stereocenters. The Kier molecular flexibility index (Phi) is 3.53. The molecule has 15 heavy (non-hydrogen) atoms. The van der Waals surface area contributed by atoms with E-state index in [4.69, 9.17) is 28.3 Å². The van der Waals surface area contributed by atoms with Gasteiger partial charge in [0.2, 0.25) is 0 Å². The van der Waals surface area contributed by atoms with Gasteiger partial charge in [0.15, 0.2) is 0 Å². The largest absolute Gasteiger partial charge is 0.478 e. The minimum atomic E-state index is -1.12. The van der Waals surface area contributed by atoms with Crippen LogP contribution in [0, 0.1) is 0 Å². The van der Waals surface area contributed by atoms with Gasteiger partial charge in [-0.25, -0.2) is 19.8 Å². The van der Waals surface area contributed by atoms with E-state index >= 15 is 0 Å². The van der Waals surface area contributed by atoms with Crippen molar-refractivity contribution in [2.24, 2.45) is 0 Å². The van der Waals surface area contributed by atoms with Crippen LogP contribution in [0.3, 0.4) is 0 Å². The van der Waals surface area contributed by atoms with Crippen LogP contribution < -0.4 is 0 Å². The molecule has 0 saturated carbocycles. The van der Waals surface area contributed by atoms with E-state index in [1.807, 2.05) is 18.8 Å². The molecule has 0 radical (unpaired) electrons. The zero-order valence-corrected chi connectivity index (χ0v) is 10.9. The zero-order chi connectivity index (χ0) is 11.8. The van der Waals surface area contributed by atoms with E-state index in [2.05, 4.69) is 4.98 Å². The molecular weight excluding hydrogens is 257 g/mol. The highest BCUT2D eigenvalue weighted by molar-refractivity contribution is 8.32. The van der Waals surface area contributed by atoms with E-state index in [-0.39, 0.29) is 15.9 Å². The zero-order valence-electron chi connectivity index (χ0n) is 8.54. The molecule has 0 aliphatic heterocycles. The molecule has 0 aliphatic carbocycles. The van der Waals surface area contributed by atoms with Gasteiger partial charge in [-0.15, -0.1) is 0 Å². The summed E-state index contributed by atoms with van der Waals surface area (Å²) in [7, 11) is -1.12. The fraction of sp³-hybridized carbons (Fsp3) is 0.333. The number of rotatable bonds is 2. The summed E-state index contributed by atoms with van der Waals surface area (Å²) in [5.41, 5.74) is -0.00140. The predicted octanol–water partition coefficient (Wildman–Crippen LogP) is 3.14. The average Bonchev–Trinajstić information content (AvgIpc) is 2.00. The standard InChI is InChI=1S/C9H11Cl2NO2S/c1-15(2,3)6-4-5(9(13)14)7(10)12-8(6)11/h4H,1-3H3,(H,13,14). The summed E-state index contributed by atoms with van der Waals surface area (Å²) in [5.74, 6) is -1.09. The van der Waals surface area contributed by atoms with Crippen LogP contribution in [0.15, 0.2) is 11.0 Å². The van der Waals surface area contributed by atoms with Gasteiger partial charge in [0.05, 0.1) is 5.56 Å². The van der Waals surface area contributed by atoms with Crippen LogP contribution in [0.4, 0.5) is 0 Å². The average molecular weight is 268 g/mol. The van der Waals surface area contributed by atoms with Crippen LogP contribution in [0.2, 0.25) is 10.3 Å². The molecule has 0 aliphatic rings. The van der Waals surface area contributed by atoms with Gasteiger partial charge in [0, 0.05) is 4.90 Å². The summed E-state index contributed by atoms with van der Waals surface area (Å²) >= 11 is 11.6. The van der Waals surface area contributed by atoms with Gasteiger partial charge in [-0.05, 0) is 24.8 Å². The molecule has 0 spiro atoms. The third-order valence-electron chi connectivity index (χ3n) is 1.79. The highest BCUT2D eigenvalue weighted by Gasteiger charge is 2.19. The first-order valence-electron chi connectivity index (χ1n) is 4.01. The summed E-state index contributed by atoms with van der Waals surface area (Å²) in [6.07, 6.45) is 6.03. The summed E-state index contributed by atoms with van der Waals surface area (Å²) in [4.78, 5) is 15.4. The Hall–Kier alpha value is -0.450. The van der Waals surface area contributed by atoms with Crippen molar-refractivity contribution in [1.29, 1.82) is 0 Å². The van der Waals surface area contributed by atoms with Gasteiger partial charge >= 0.3 is 5.97 Å². The van der Waals surface area contributed by atoms with E-state index in [0.29, 0.717) is 0 Å². The topological polar surface area (TPSA) is 50.2 Å². The van der Waals surface area contributed by atoms with E-state index in [1.54, 1.807) is 0 Å². The quantitative estimate of drug-likeness (QED) is 0.838. The number of carboxylic acid groups (broad SMARTS) is 1. The van der Waals surface area contributed by atoms with Crippen molar-refractivity contribution >= 4 is 39.2 Å². The fourth-order valence-electron chi connectivity index (χ4n) is 1.03. The molecule has 0 bridgehead atoms. The number of halogens is 2. The smallest absolute Gasteiger partial charge is 0.338 e.